The molecule has 0 aliphatic carbocycles. The molecule has 0 fully saturated rings. The van der Waals surface area contributed by atoms with E-state index in [-0.39, 0.29) is 17.3 Å². The van der Waals surface area contributed by atoms with Gasteiger partial charge in [-0.15, -0.1) is 0 Å². The zero-order chi connectivity index (χ0) is 22.3. The van der Waals surface area contributed by atoms with E-state index >= 15 is 0 Å². The molecule has 162 valence electrons. The molecule has 0 spiro atoms. The fraction of sp³-hybridized carbons (Fsp3) is 0.208. The molecule has 0 saturated carbocycles. The van der Waals surface area contributed by atoms with Crippen LogP contribution in [-0.2, 0) is 10.0 Å². The van der Waals surface area contributed by atoms with E-state index in [2.05, 4.69) is 5.32 Å². The molecule has 0 bridgehead atoms. The molecule has 0 aliphatic heterocycles. The predicted molar refractivity (Wildman–Crippen MR) is 122 cm³/mol. The van der Waals surface area contributed by atoms with Gasteiger partial charge in [0.2, 0.25) is 0 Å². The minimum Gasteiger partial charge on any atom is -0.492 e. The minimum absolute atomic E-state index is 0.229. The fourth-order valence-corrected chi connectivity index (χ4v) is 4.55. The standard InChI is InChI=1S/C24H26N2O4S/c1-3-26(31(28,29)23-7-5-4-6-8-23)21-13-11-20(12-14-21)24(27)25-17-18-30-22-15-9-19(2)10-16-22/h4-16H,3,17-18H2,1-2H3,(H,25,27). The Bertz CT molecular complexity index is 1100. The van der Waals surface area contributed by atoms with Crippen LogP contribution in [0.4, 0.5) is 5.69 Å². The van der Waals surface area contributed by atoms with Crippen LogP contribution in [0.2, 0.25) is 0 Å². The van der Waals surface area contributed by atoms with E-state index in [4.69, 9.17) is 4.74 Å². The second-order valence-electron chi connectivity index (χ2n) is 6.95. The Morgan fingerprint density at radius 2 is 1.58 bits per heavy atom. The van der Waals surface area contributed by atoms with Gasteiger partial charge in [0, 0.05) is 12.1 Å². The first-order valence-corrected chi connectivity index (χ1v) is 11.5. The summed E-state index contributed by atoms with van der Waals surface area (Å²) >= 11 is 0. The van der Waals surface area contributed by atoms with Crippen molar-refractivity contribution >= 4 is 21.6 Å². The summed E-state index contributed by atoms with van der Waals surface area (Å²) in [6, 6.07) is 22.5. The molecule has 0 radical (unpaired) electrons. The number of carbonyl (C=O) groups excluding carboxylic acids is 1. The molecule has 1 N–H and O–H groups in total. The lowest BCUT2D eigenvalue weighted by molar-refractivity contribution is 0.0947. The molecule has 0 heterocycles. The number of hydrogen-bond acceptors (Lipinski definition) is 4. The molecular formula is C24H26N2O4S. The fourth-order valence-electron chi connectivity index (χ4n) is 3.06. The molecular weight excluding hydrogens is 412 g/mol. The van der Waals surface area contributed by atoms with Crippen molar-refractivity contribution in [1.29, 1.82) is 0 Å². The Kier molecular flexibility index (Phi) is 7.31. The number of amides is 1. The van der Waals surface area contributed by atoms with Gasteiger partial charge in [0.05, 0.1) is 17.1 Å². The topological polar surface area (TPSA) is 75.7 Å². The van der Waals surface area contributed by atoms with Crippen molar-refractivity contribution in [2.24, 2.45) is 0 Å². The quantitative estimate of drug-likeness (QED) is 0.512. The summed E-state index contributed by atoms with van der Waals surface area (Å²) in [6.07, 6.45) is 0. The SMILES string of the molecule is CCN(c1ccc(C(=O)NCCOc2ccc(C)cc2)cc1)S(=O)(=O)c1ccccc1. The maximum atomic E-state index is 12.9. The van der Waals surface area contributed by atoms with Crippen LogP contribution in [0.1, 0.15) is 22.8 Å². The molecule has 0 atom stereocenters. The van der Waals surface area contributed by atoms with Crippen molar-refractivity contribution in [1.82, 2.24) is 5.32 Å². The highest BCUT2D eigenvalue weighted by Crippen LogP contribution is 2.23. The number of nitrogens with zero attached hydrogens (tertiary/aromatic N) is 1. The predicted octanol–water partition coefficient (Wildman–Crippen LogP) is 4.02. The van der Waals surface area contributed by atoms with Crippen LogP contribution in [0.15, 0.2) is 83.8 Å². The van der Waals surface area contributed by atoms with Crippen LogP contribution >= 0.6 is 0 Å². The van der Waals surface area contributed by atoms with Crippen molar-refractivity contribution in [3.63, 3.8) is 0 Å². The van der Waals surface area contributed by atoms with Gasteiger partial charge >= 0.3 is 0 Å². The highest BCUT2D eigenvalue weighted by atomic mass is 32.2. The third-order valence-electron chi connectivity index (χ3n) is 4.71. The normalized spacial score (nSPS) is 11.0. The highest BCUT2D eigenvalue weighted by Gasteiger charge is 2.23. The van der Waals surface area contributed by atoms with E-state index in [0.717, 1.165) is 11.3 Å². The summed E-state index contributed by atoms with van der Waals surface area (Å²) < 4.78 is 32.8. The Balaban J connectivity index is 1.59. The summed E-state index contributed by atoms with van der Waals surface area (Å²) in [5, 5.41) is 2.80. The number of rotatable bonds is 9. The van der Waals surface area contributed by atoms with Crippen molar-refractivity contribution in [2.75, 3.05) is 24.0 Å². The van der Waals surface area contributed by atoms with Crippen LogP contribution < -0.4 is 14.4 Å². The van der Waals surface area contributed by atoms with Gasteiger partial charge in [-0.2, -0.15) is 0 Å². The number of sulfonamides is 1. The molecule has 7 heteroatoms. The first kappa shape index (κ1) is 22.4. The molecule has 0 aliphatic rings. The molecule has 3 rings (SSSR count). The van der Waals surface area contributed by atoms with Gasteiger partial charge < -0.3 is 10.1 Å². The van der Waals surface area contributed by atoms with Gasteiger partial charge in [-0.05, 0) is 62.4 Å². The monoisotopic (exact) mass is 438 g/mol. The summed E-state index contributed by atoms with van der Waals surface area (Å²) in [4.78, 5) is 12.6. The molecule has 31 heavy (non-hydrogen) atoms. The second-order valence-corrected chi connectivity index (χ2v) is 8.81. The number of nitrogens with one attached hydrogen (secondary N) is 1. The number of anilines is 1. The summed E-state index contributed by atoms with van der Waals surface area (Å²) in [5.74, 6) is 0.511. The van der Waals surface area contributed by atoms with E-state index in [1.54, 1.807) is 61.5 Å². The zero-order valence-corrected chi connectivity index (χ0v) is 18.4. The minimum atomic E-state index is -3.67. The molecule has 3 aromatic rings. The number of hydrogen-bond donors (Lipinski definition) is 1. The van der Waals surface area contributed by atoms with Gasteiger partial charge in [-0.25, -0.2) is 8.42 Å². The largest absolute Gasteiger partial charge is 0.492 e. The van der Waals surface area contributed by atoms with E-state index in [1.807, 2.05) is 31.2 Å². The maximum absolute atomic E-state index is 12.9. The van der Waals surface area contributed by atoms with Crippen molar-refractivity contribution < 1.29 is 17.9 Å². The highest BCUT2D eigenvalue weighted by molar-refractivity contribution is 7.92. The Hall–Kier alpha value is -3.32. The third kappa shape index (κ3) is 5.64. The third-order valence-corrected chi connectivity index (χ3v) is 6.63. The van der Waals surface area contributed by atoms with Crippen LogP contribution in [0.5, 0.6) is 5.75 Å². The lowest BCUT2D eigenvalue weighted by atomic mass is 10.2. The van der Waals surface area contributed by atoms with Crippen LogP contribution in [0, 0.1) is 6.92 Å². The van der Waals surface area contributed by atoms with Crippen LogP contribution in [0.3, 0.4) is 0 Å². The number of aryl methyl sites for hydroxylation is 1. The first-order chi connectivity index (χ1) is 14.9. The average molecular weight is 439 g/mol. The molecule has 0 unspecified atom stereocenters. The Morgan fingerprint density at radius 1 is 0.935 bits per heavy atom. The number of carbonyl (C=O) groups is 1. The summed E-state index contributed by atoms with van der Waals surface area (Å²) in [6.45, 7) is 4.77. The summed E-state index contributed by atoms with van der Waals surface area (Å²) in [7, 11) is -3.67. The van der Waals surface area contributed by atoms with Gasteiger partial charge in [0.25, 0.3) is 15.9 Å². The van der Waals surface area contributed by atoms with Gasteiger partial charge in [-0.3, -0.25) is 9.10 Å². The van der Waals surface area contributed by atoms with E-state index in [0.29, 0.717) is 24.4 Å². The van der Waals surface area contributed by atoms with Crippen LogP contribution in [-0.4, -0.2) is 34.0 Å². The van der Waals surface area contributed by atoms with E-state index in [1.165, 1.54) is 4.31 Å². The first-order valence-electron chi connectivity index (χ1n) is 10.1. The second kappa shape index (κ2) is 10.1. The van der Waals surface area contributed by atoms with Crippen molar-refractivity contribution in [2.45, 2.75) is 18.7 Å². The summed E-state index contributed by atoms with van der Waals surface area (Å²) in [5.41, 5.74) is 2.11. The Morgan fingerprint density at radius 3 is 2.19 bits per heavy atom. The van der Waals surface area contributed by atoms with Gasteiger partial charge in [-0.1, -0.05) is 35.9 Å². The smallest absolute Gasteiger partial charge is 0.264 e. The zero-order valence-electron chi connectivity index (χ0n) is 17.6. The molecule has 0 aromatic heterocycles. The maximum Gasteiger partial charge on any atom is 0.264 e. The molecule has 0 saturated heterocycles. The number of benzene rings is 3. The van der Waals surface area contributed by atoms with Crippen LogP contribution in [0.25, 0.3) is 0 Å². The van der Waals surface area contributed by atoms with E-state index < -0.39 is 10.0 Å². The number of ether oxygens (including phenoxy) is 1. The molecule has 1 amide bonds. The average Bonchev–Trinajstić information content (AvgIpc) is 2.79. The Labute approximate surface area is 183 Å². The van der Waals surface area contributed by atoms with E-state index in [9.17, 15) is 13.2 Å². The van der Waals surface area contributed by atoms with Crippen molar-refractivity contribution in [3.05, 3.63) is 90.0 Å². The molecule has 6 nitrogen and oxygen atoms in total. The van der Waals surface area contributed by atoms with Gasteiger partial charge in [0.15, 0.2) is 0 Å². The lowest BCUT2D eigenvalue weighted by Crippen LogP contribution is -2.31. The van der Waals surface area contributed by atoms with Crippen molar-refractivity contribution in [3.8, 4) is 5.75 Å². The molecule has 3 aromatic carbocycles. The van der Waals surface area contributed by atoms with Gasteiger partial charge in [0.1, 0.15) is 12.4 Å². The lowest BCUT2D eigenvalue weighted by Gasteiger charge is -2.23.